The number of aliphatic carboxylic acids is 1. The topological polar surface area (TPSA) is 87.1 Å². The molecule has 1 aromatic carbocycles. The average Bonchev–Trinajstić information content (AvgIpc) is 2.37. The van der Waals surface area contributed by atoms with E-state index < -0.39 is 11.9 Å². The number of rotatable bonds is 4. The van der Waals surface area contributed by atoms with Crippen LogP contribution in [-0.4, -0.2) is 41.8 Å². The van der Waals surface area contributed by atoms with Crippen molar-refractivity contribution in [1.82, 2.24) is 0 Å². The SMILES string of the molecule is CN1c2cccc(C(=O)O)c2OCC1CCC(=O)O. The zero-order valence-corrected chi connectivity index (χ0v) is 10.5. The van der Waals surface area contributed by atoms with Crippen molar-refractivity contribution in [2.45, 2.75) is 18.9 Å². The van der Waals surface area contributed by atoms with Gasteiger partial charge >= 0.3 is 11.9 Å². The number of para-hydroxylation sites is 1. The van der Waals surface area contributed by atoms with Crippen molar-refractivity contribution in [3.8, 4) is 5.75 Å². The van der Waals surface area contributed by atoms with Gasteiger partial charge in [-0.05, 0) is 18.6 Å². The first-order chi connectivity index (χ1) is 9.00. The molecule has 1 aliphatic rings. The largest absolute Gasteiger partial charge is 0.488 e. The van der Waals surface area contributed by atoms with Gasteiger partial charge in [-0.25, -0.2) is 4.79 Å². The highest BCUT2D eigenvalue weighted by Crippen LogP contribution is 2.36. The minimum Gasteiger partial charge on any atom is -0.488 e. The van der Waals surface area contributed by atoms with Crippen molar-refractivity contribution >= 4 is 17.6 Å². The fraction of sp³-hybridized carbons (Fsp3) is 0.385. The predicted molar refractivity (Wildman–Crippen MR) is 68.0 cm³/mol. The third-order valence-electron chi connectivity index (χ3n) is 3.26. The van der Waals surface area contributed by atoms with Crippen LogP contribution in [-0.2, 0) is 4.79 Å². The maximum Gasteiger partial charge on any atom is 0.339 e. The zero-order chi connectivity index (χ0) is 14.0. The molecular formula is C13H15NO5. The summed E-state index contributed by atoms with van der Waals surface area (Å²) in [5, 5.41) is 17.8. The summed E-state index contributed by atoms with van der Waals surface area (Å²) in [5.74, 6) is -1.53. The molecule has 1 heterocycles. The number of carboxylic acid groups (broad SMARTS) is 2. The molecule has 1 unspecified atom stereocenters. The molecule has 2 rings (SSSR count). The molecule has 0 saturated heterocycles. The Morgan fingerprint density at radius 3 is 2.79 bits per heavy atom. The van der Waals surface area contributed by atoms with Crippen molar-refractivity contribution in [1.29, 1.82) is 0 Å². The first-order valence-corrected chi connectivity index (χ1v) is 5.94. The standard InChI is InChI=1S/C13H15NO5/c1-14-8(5-6-11(15)16)7-19-12-9(13(17)18)3-2-4-10(12)14/h2-4,8H,5-7H2,1H3,(H,15,16)(H,17,18). The molecule has 102 valence electrons. The van der Waals surface area contributed by atoms with Gasteiger partial charge in [0.15, 0.2) is 5.75 Å². The molecule has 0 spiro atoms. The number of likely N-dealkylation sites (N-methyl/N-ethyl adjacent to an activating group) is 1. The highest BCUT2D eigenvalue weighted by atomic mass is 16.5. The molecule has 0 aliphatic carbocycles. The molecule has 1 aromatic rings. The normalized spacial score (nSPS) is 17.5. The van der Waals surface area contributed by atoms with E-state index in [9.17, 15) is 9.59 Å². The summed E-state index contributed by atoms with van der Waals surface area (Å²) in [5.41, 5.74) is 0.808. The zero-order valence-electron chi connectivity index (χ0n) is 10.5. The van der Waals surface area contributed by atoms with Crippen LogP contribution in [0.15, 0.2) is 18.2 Å². The molecule has 0 fully saturated rings. The number of benzene rings is 1. The quantitative estimate of drug-likeness (QED) is 0.856. The van der Waals surface area contributed by atoms with Gasteiger partial charge in [-0.15, -0.1) is 0 Å². The second-order valence-electron chi connectivity index (χ2n) is 4.47. The molecule has 0 bridgehead atoms. The van der Waals surface area contributed by atoms with Crippen LogP contribution in [0.25, 0.3) is 0 Å². The van der Waals surface area contributed by atoms with Crippen LogP contribution in [0, 0.1) is 0 Å². The minimum absolute atomic E-state index is 0.0618. The second kappa shape index (κ2) is 5.17. The van der Waals surface area contributed by atoms with Gasteiger partial charge in [0.25, 0.3) is 0 Å². The molecule has 6 heteroatoms. The Balaban J connectivity index is 2.24. The van der Waals surface area contributed by atoms with E-state index >= 15 is 0 Å². The van der Waals surface area contributed by atoms with E-state index in [0.717, 1.165) is 0 Å². The fourth-order valence-corrected chi connectivity index (χ4v) is 2.18. The molecular weight excluding hydrogens is 250 g/mol. The van der Waals surface area contributed by atoms with Gasteiger partial charge < -0.3 is 19.8 Å². The maximum absolute atomic E-state index is 11.1. The lowest BCUT2D eigenvalue weighted by Crippen LogP contribution is -2.41. The summed E-state index contributed by atoms with van der Waals surface area (Å²) in [4.78, 5) is 23.6. The lowest BCUT2D eigenvalue weighted by atomic mass is 10.1. The Kier molecular flexibility index (Phi) is 3.59. The van der Waals surface area contributed by atoms with Gasteiger partial charge in [-0.3, -0.25) is 4.79 Å². The van der Waals surface area contributed by atoms with Crippen molar-refractivity contribution in [3.63, 3.8) is 0 Å². The number of carboxylic acids is 2. The lowest BCUT2D eigenvalue weighted by molar-refractivity contribution is -0.137. The Bertz CT molecular complexity index is 514. The minimum atomic E-state index is -1.03. The maximum atomic E-state index is 11.1. The van der Waals surface area contributed by atoms with Crippen molar-refractivity contribution < 1.29 is 24.5 Å². The van der Waals surface area contributed by atoms with Crippen molar-refractivity contribution in [3.05, 3.63) is 23.8 Å². The Morgan fingerprint density at radius 2 is 2.16 bits per heavy atom. The molecule has 1 atom stereocenters. The van der Waals surface area contributed by atoms with Crippen LogP contribution in [0.3, 0.4) is 0 Å². The number of hydrogen-bond acceptors (Lipinski definition) is 4. The van der Waals surface area contributed by atoms with Crippen LogP contribution in [0.5, 0.6) is 5.75 Å². The first kappa shape index (κ1) is 13.2. The highest BCUT2D eigenvalue weighted by Gasteiger charge is 2.28. The number of aromatic carboxylic acids is 1. The number of ether oxygens (including phenoxy) is 1. The number of hydrogen-bond donors (Lipinski definition) is 2. The van der Waals surface area contributed by atoms with Crippen LogP contribution < -0.4 is 9.64 Å². The number of nitrogens with zero attached hydrogens (tertiary/aromatic N) is 1. The van der Waals surface area contributed by atoms with Gasteiger partial charge in [-0.2, -0.15) is 0 Å². The van der Waals surface area contributed by atoms with Gasteiger partial charge in [0.2, 0.25) is 0 Å². The third kappa shape index (κ3) is 2.62. The van der Waals surface area contributed by atoms with E-state index in [-0.39, 0.29) is 18.0 Å². The average molecular weight is 265 g/mol. The van der Waals surface area contributed by atoms with Gasteiger partial charge in [0.05, 0.1) is 11.7 Å². The monoisotopic (exact) mass is 265 g/mol. The molecule has 0 saturated carbocycles. The smallest absolute Gasteiger partial charge is 0.339 e. The lowest BCUT2D eigenvalue weighted by Gasteiger charge is -2.36. The molecule has 2 N–H and O–H groups in total. The van der Waals surface area contributed by atoms with E-state index in [2.05, 4.69) is 0 Å². The van der Waals surface area contributed by atoms with Gasteiger partial charge in [0, 0.05) is 13.5 Å². The summed E-state index contributed by atoms with van der Waals surface area (Å²) in [7, 11) is 1.82. The summed E-state index contributed by atoms with van der Waals surface area (Å²) in [6, 6.07) is 4.86. The first-order valence-electron chi connectivity index (χ1n) is 5.94. The number of anilines is 1. The van der Waals surface area contributed by atoms with E-state index in [0.29, 0.717) is 24.5 Å². The third-order valence-corrected chi connectivity index (χ3v) is 3.26. The van der Waals surface area contributed by atoms with E-state index in [4.69, 9.17) is 14.9 Å². The van der Waals surface area contributed by atoms with E-state index in [1.807, 2.05) is 11.9 Å². The Labute approximate surface area is 110 Å². The van der Waals surface area contributed by atoms with Crippen molar-refractivity contribution in [2.75, 3.05) is 18.6 Å². The van der Waals surface area contributed by atoms with Crippen LogP contribution in [0.4, 0.5) is 5.69 Å². The Hall–Kier alpha value is -2.24. The van der Waals surface area contributed by atoms with Crippen LogP contribution in [0.2, 0.25) is 0 Å². The summed E-state index contributed by atoms with van der Waals surface area (Å²) < 4.78 is 5.52. The van der Waals surface area contributed by atoms with E-state index in [1.165, 1.54) is 6.07 Å². The molecule has 0 radical (unpaired) electrons. The van der Waals surface area contributed by atoms with Gasteiger partial charge in [0.1, 0.15) is 12.2 Å². The van der Waals surface area contributed by atoms with Crippen molar-refractivity contribution in [2.24, 2.45) is 0 Å². The number of fused-ring (bicyclic) bond motifs is 1. The predicted octanol–water partition coefficient (Wildman–Crippen LogP) is 1.45. The summed E-state index contributed by atoms with van der Waals surface area (Å²) in [6.45, 7) is 0.293. The van der Waals surface area contributed by atoms with Crippen LogP contribution >= 0.6 is 0 Å². The molecule has 6 nitrogen and oxygen atoms in total. The molecule has 19 heavy (non-hydrogen) atoms. The molecule has 1 aliphatic heterocycles. The van der Waals surface area contributed by atoms with Crippen LogP contribution in [0.1, 0.15) is 23.2 Å². The fourth-order valence-electron chi connectivity index (χ4n) is 2.18. The second-order valence-corrected chi connectivity index (χ2v) is 4.47. The molecule has 0 amide bonds. The Morgan fingerprint density at radius 1 is 1.42 bits per heavy atom. The highest BCUT2D eigenvalue weighted by molar-refractivity contribution is 5.93. The molecule has 0 aromatic heterocycles. The van der Waals surface area contributed by atoms with Gasteiger partial charge in [-0.1, -0.05) is 6.07 Å². The van der Waals surface area contributed by atoms with E-state index in [1.54, 1.807) is 12.1 Å². The summed E-state index contributed by atoms with van der Waals surface area (Å²) >= 11 is 0. The summed E-state index contributed by atoms with van der Waals surface area (Å²) in [6.07, 6.45) is 0.523. The number of carbonyl (C=O) groups is 2.